The van der Waals surface area contributed by atoms with E-state index in [4.69, 9.17) is 0 Å². The average molecular weight is 247 g/mol. The molecule has 1 N–H and O–H groups in total. The van der Waals surface area contributed by atoms with Gasteiger partial charge in [0.1, 0.15) is 0 Å². The fraction of sp³-hybridized carbons (Fsp3) is 0.357. The largest absolute Gasteiger partial charge is 0.388 e. The Morgan fingerprint density at radius 1 is 1.35 bits per heavy atom. The van der Waals surface area contributed by atoms with E-state index >= 15 is 0 Å². The van der Waals surface area contributed by atoms with Gasteiger partial charge in [-0.3, -0.25) is 4.98 Å². The number of hydrogen-bond acceptors (Lipinski definition) is 3. The van der Waals surface area contributed by atoms with Crippen LogP contribution >= 0.6 is 11.8 Å². The molecule has 1 aromatic carbocycles. The summed E-state index contributed by atoms with van der Waals surface area (Å²) in [6.07, 6.45) is 5.40. The van der Waals surface area contributed by atoms with Crippen LogP contribution in [0.1, 0.15) is 24.5 Å². The van der Waals surface area contributed by atoms with Gasteiger partial charge in [0.2, 0.25) is 0 Å². The lowest BCUT2D eigenvalue weighted by Crippen LogP contribution is -1.98. The highest BCUT2D eigenvalue weighted by Gasteiger charge is 2.07. The SMILES string of the molecule is CSCCCC(O)c1ccc2ncccc2c1. The van der Waals surface area contributed by atoms with Crippen LogP contribution in [0.15, 0.2) is 36.5 Å². The van der Waals surface area contributed by atoms with E-state index in [1.54, 1.807) is 6.20 Å². The Hall–Kier alpha value is -1.06. The van der Waals surface area contributed by atoms with Gasteiger partial charge in [-0.25, -0.2) is 0 Å². The fourth-order valence-electron chi connectivity index (χ4n) is 1.89. The lowest BCUT2D eigenvalue weighted by atomic mass is 10.0. The molecule has 0 radical (unpaired) electrons. The minimum absolute atomic E-state index is 0.355. The van der Waals surface area contributed by atoms with Crippen molar-refractivity contribution in [1.29, 1.82) is 0 Å². The van der Waals surface area contributed by atoms with Crippen LogP contribution in [0.25, 0.3) is 10.9 Å². The molecule has 2 nitrogen and oxygen atoms in total. The number of aliphatic hydroxyl groups is 1. The molecule has 0 amide bonds. The van der Waals surface area contributed by atoms with Crippen molar-refractivity contribution in [3.8, 4) is 0 Å². The number of rotatable bonds is 5. The molecule has 0 bridgehead atoms. The summed E-state index contributed by atoms with van der Waals surface area (Å²) in [6, 6.07) is 9.93. The highest BCUT2D eigenvalue weighted by atomic mass is 32.2. The molecule has 0 aliphatic carbocycles. The lowest BCUT2D eigenvalue weighted by molar-refractivity contribution is 0.167. The molecule has 1 atom stereocenters. The molecule has 0 spiro atoms. The standard InChI is InChI=1S/C14H17NOS/c1-17-9-3-5-14(16)12-6-7-13-11(10-12)4-2-8-15-13/h2,4,6-8,10,14,16H,3,5,9H2,1H3. The van der Waals surface area contributed by atoms with Crippen LogP contribution in [0.2, 0.25) is 0 Å². The summed E-state index contributed by atoms with van der Waals surface area (Å²) in [5.41, 5.74) is 1.97. The zero-order valence-corrected chi connectivity index (χ0v) is 10.8. The Morgan fingerprint density at radius 2 is 2.24 bits per heavy atom. The molecular weight excluding hydrogens is 230 g/mol. The van der Waals surface area contributed by atoms with E-state index in [-0.39, 0.29) is 6.10 Å². The summed E-state index contributed by atoms with van der Waals surface area (Å²) >= 11 is 1.82. The highest BCUT2D eigenvalue weighted by Crippen LogP contribution is 2.22. The van der Waals surface area contributed by atoms with E-state index in [1.165, 1.54) is 0 Å². The van der Waals surface area contributed by atoms with Crippen molar-refractivity contribution in [2.24, 2.45) is 0 Å². The van der Waals surface area contributed by atoms with E-state index in [1.807, 2.05) is 42.1 Å². The molecule has 0 saturated heterocycles. The first kappa shape index (κ1) is 12.4. The van der Waals surface area contributed by atoms with Crippen molar-refractivity contribution >= 4 is 22.7 Å². The Balaban J connectivity index is 2.12. The lowest BCUT2D eigenvalue weighted by Gasteiger charge is -2.11. The molecule has 17 heavy (non-hydrogen) atoms. The maximum atomic E-state index is 10.1. The van der Waals surface area contributed by atoms with Gasteiger partial charge in [-0.05, 0) is 48.6 Å². The van der Waals surface area contributed by atoms with Gasteiger partial charge in [0.15, 0.2) is 0 Å². The summed E-state index contributed by atoms with van der Waals surface area (Å²) in [5.74, 6) is 1.10. The third kappa shape index (κ3) is 3.20. The fourth-order valence-corrected chi connectivity index (χ4v) is 2.34. The number of aromatic nitrogens is 1. The molecule has 1 unspecified atom stereocenters. The molecule has 1 aromatic heterocycles. The van der Waals surface area contributed by atoms with Crippen molar-refractivity contribution in [2.75, 3.05) is 12.0 Å². The Morgan fingerprint density at radius 3 is 3.06 bits per heavy atom. The van der Waals surface area contributed by atoms with Gasteiger partial charge in [0, 0.05) is 11.6 Å². The van der Waals surface area contributed by atoms with E-state index in [9.17, 15) is 5.11 Å². The predicted octanol–water partition coefficient (Wildman–Crippen LogP) is 3.41. The number of benzene rings is 1. The second-order valence-electron chi connectivity index (χ2n) is 4.11. The number of thioether (sulfide) groups is 1. The second-order valence-corrected chi connectivity index (χ2v) is 5.09. The zero-order valence-electron chi connectivity index (χ0n) is 9.97. The number of fused-ring (bicyclic) bond motifs is 1. The highest BCUT2D eigenvalue weighted by molar-refractivity contribution is 7.98. The molecule has 90 valence electrons. The first-order valence-corrected chi connectivity index (χ1v) is 7.22. The van der Waals surface area contributed by atoms with Crippen LogP contribution in [-0.2, 0) is 0 Å². The molecule has 2 rings (SSSR count). The van der Waals surface area contributed by atoms with E-state index in [2.05, 4.69) is 11.2 Å². The van der Waals surface area contributed by atoms with Crippen molar-refractivity contribution in [1.82, 2.24) is 4.98 Å². The van der Waals surface area contributed by atoms with Gasteiger partial charge in [-0.15, -0.1) is 0 Å². The average Bonchev–Trinajstić information content (AvgIpc) is 2.38. The molecular formula is C14H17NOS. The van der Waals surface area contributed by atoms with Crippen LogP contribution in [0.4, 0.5) is 0 Å². The maximum Gasteiger partial charge on any atom is 0.0790 e. The molecule has 0 saturated carbocycles. The normalized spacial score (nSPS) is 12.8. The number of aliphatic hydroxyl groups excluding tert-OH is 1. The summed E-state index contributed by atoms with van der Waals surface area (Å²) in [4.78, 5) is 4.27. The summed E-state index contributed by atoms with van der Waals surface area (Å²) in [7, 11) is 0. The van der Waals surface area contributed by atoms with E-state index in [0.717, 1.165) is 35.1 Å². The van der Waals surface area contributed by atoms with Gasteiger partial charge in [-0.2, -0.15) is 11.8 Å². The quantitative estimate of drug-likeness (QED) is 0.822. The predicted molar refractivity (Wildman–Crippen MR) is 74.3 cm³/mol. The molecule has 0 aliphatic rings. The van der Waals surface area contributed by atoms with Crippen molar-refractivity contribution in [2.45, 2.75) is 18.9 Å². The minimum atomic E-state index is -0.355. The van der Waals surface area contributed by atoms with Gasteiger partial charge in [-0.1, -0.05) is 12.1 Å². The van der Waals surface area contributed by atoms with Crippen molar-refractivity contribution < 1.29 is 5.11 Å². The summed E-state index contributed by atoms with van der Waals surface area (Å²) in [5, 5.41) is 11.2. The molecule has 0 fully saturated rings. The monoisotopic (exact) mass is 247 g/mol. The van der Waals surface area contributed by atoms with Crippen LogP contribution in [0.5, 0.6) is 0 Å². The molecule has 3 heteroatoms. The Bertz CT molecular complexity index is 486. The third-order valence-corrected chi connectivity index (χ3v) is 3.53. The van der Waals surface area contributed by atoms with Gasteiger partial charge in [0.25, 0.3) is 0 Å². The number of nitrogens with zero attached hydrogens (tertiary/aromatic N) is 1. The smallest absolute Gasteiger partial charge is 0.0790 e. The number of hydrogen-bond donors (Lipinski definition) is 1. The first-order chi connectivity index (χ1) is 8.31. The van der Waals surface area contributed by atoms with E-state index in [0.29, 0.717) is 0 Å². The van der Waals surface area contributed by atoms with Gasteiger partial charge < -0.3 is 5.11 Å². The summed E-state index contributed by atoms with van der Waals surface area (Å²) < 4.78 is 0. The third-order valence-electron chi connectivity index (χ3n) is 2.84. The van der Waals surface area contributed by atoms with Gasteiger partial charge >= 0.3 is 0 Å². The molecule has 1 heterocycles. The first-order valence-electron chi connectivity index (χ1n) is 5.83. The van der Waals surface area contributed by atoms with Crippen LogP contribution < -0.4 is 0 Å². The molecule has 0 aliphatic heterocycles. The van der Waals surface area contributed by atoms with Crippen LogP contribution in [0, 0.1) is 0 Å². The topological polar surface area (TPSA) is 33.1 Å². The van der Waals surface area contributed by atoms with Gasteiger partial charge in [0.05, 0.1) is 11.6 Å². The minimum Gasteiger partial charge on any atom is -0.388 e. The van der Waals surface area contributed by atoms with Crippen LogP contribution in [-0.4, -0.2) is 22.1 Å². The van der Waals surface area contributed by atoms with Crippen LogP contribution in [0.3, 0.4) is 0 Å². The maximum absolute atomic E-state index is 10.1. The van der Waals surface area contributed by atoms with Crippen molar-refractivity contribution in [3.05, 3.63) is 42.1 Å². The Labute approximate surface area is 106 Å². The molecule has 2 aromatic rings. The number of pyridine rings is 1. The zero-order chi connectivity index (χ0) is 12.1. The summed E-state index contributed by atoms with van der Waals surface area (Å²) in [6.45, 7) is 0. The van der Waals surface area contributed by atoms with E-state index < -0.39 is 0 Å². The van der Waals surface area contributed by atoms with Crippen molar-refractivity contribution in [3.63, 3.8) is 0 Å². The Kier molecular flexibility index (Phi) is 4.40. The second kappa shape index (κ2) is 6.03.